The van der Waals surface area contributed by atoms with Crippen LogP contribution < -0.4 is 10.1 Å². The average molecular weight is 329 g/mol. The lowest BCUT2D eigenvalue weighted by atomic mass is 10.2. The van der Waals surface area contributed by atoms with E-state index in [4.69, 9.17) is 17.0 Å². The molecule has 0 atom stereocenters. The zero-order chi connectivity index (χ0) is 15.5. The fraction of sp³-hybridized carbons (Fsp3) is 0. The molecule has 6 heteroatoms. The van der Waals surface area contributed by atoms with Crippen molar-refractivity contribution in [2.75, 3.05) is 0 Å². The molecule has 0 saturated carbocycles. The maximum atomic E-state index is 11.7. The van der Waals surface area contributed by atoms with Crippen molar-refractivity contribution in [1.82, 2.24) is 5.32 Å². The monoisotopic (exact) mass is 329 g/mol. The first-order valence-electron chi connectivity index (χ1n) is 6.42. The highest BCUT2D eigenvalue weighted by molar-refractivity contribution is 8.26. The van der Waals surface area contributed by atoms with Gasteiger partial charge in [-0.3, -0.25) is 4.79 Å². The SMILES string of the molecule is O=C1NC(=S)SC1=Cc1cccc(Oc2ccccc2O)c1. The molecular formula is C16H11NO3S2. The number of thiocarbonyl (C=S) groups is 1. The Morgan fingerprint density at radius 3 is 2.73 bits per heavy atom. The Morgan fingerprint density at radius 1 is 1.18 bits per heavy atom. The summed E-state index contributed by atoms with van der Waals surface area (Å²) in [6.07, 6.45) is 1.75. The Morgan fingerprint density at radius 2 is 2.00 bits per heavy atom. The number of nitrogens with one attached hydrogen (secondary N) is 1. The largest absolute Gasteiger partial charge is 0.504 e. The molecule has 2 aromatic rings. The summed E-state index contributed by atoms with van der Waals surface area (Å²) in [6.45, 7) is 0. The van der Waals surface area contributed by atoms with Crippen LogP contribution in [0, 0.1) is 0 Å². The highest BCUT2D eigenvalue weighted by atomic mass is 32.2. The average Bonchev–Trinajstić information content (AvgIpc) is 2.80. The number of carbonyl (C=O) groups is 1. The van der Waals surface area contributed by atoms with Crippen LogP contribution in [0.15, 0.2) is 53.4 Å². The van der Waals surface area contributed by atoms with E-state index < -0.39 is 0 Å². The van der Waals surface area contributed by atoms with Crippen LogP contribution in [0.4, 0.5) is 0 Å². The molecule has 2 aromatic carbocycles. The molecule has 0 spiro atoms. The zero-order valence-electron chi connectivity index (χ0n) is 11.3. The number of rotatable bonds is 3. The Balaban J connectivity index is 1.84. The van der Waals surface area contributed by atoms with E-state index in [1.54, 1.807) is 42.5 Å². The molecule has 0 radical (unpaired) electrons. The Bertz CT molecular complexity index is 786. The third kappa shape index (κ3) is 3.29. The summed E-state index contributed by atoms with van der Waals surface area (Å²) in [7, 11) is 0. The van der Waals surface area contributed by atoms with Crippen LogP contribution in [0.2, 0.25) is 0 Å². The van der Waals surface area contributed by atoms with Crippen molar-refractivity contribution in [3.8, 4) is 17.2 Å². The second kappa shape index (κ2) is 6.21. The van der Waals surface area contributed by atoms with Crippen molar-refractivity contribution in [2.45, 2.75) is 0 Å². The summed E-state index contributed by atoms with van der Waals surface area (Å²) < 4.78 is 6.11. The van der Waals surface area contributed by atoms with E-state index in [2.05, 4.69) is 5.32 Å². The Hall–Kier alpha value is -2.31. The van der Waals surface area contributed by atoms with Crippen molar-refractivity contribution >= 4 is 40.3 Å². The van der Waals surface area contributed by atoms with E-state index in [9.17, 15) is 9.90 Å². The second-order valence-electron chi connectivity index (χ2n) is 4.49. The van der Waals surface area contributed by atoms with Gasteiger partial charge >= 0.3 is 0 Å². The molecule has 1 saturated heterocycles. The number of hydrogen-bond acceptors (Lipinski definition) is 5. The molecule has 4 nitrogen and oxygen atoms in total. The molecule has 0 aliphatic carbocycles. The van der Waals surface area contributed by atoms with Gasteiger partial charge in [-0.2, -0.15) is 0 Å². The summed E-state index contributed by atoms with van der Waals surface area (Å²) in [5.41, 5.74) is 0.815. The van der Waals surface area contributed by atoms with Crippen LogP contribution in [0.3, 0.4) is 0 Å². The summed E-state index contributed by atoms with van der Waals surface area (Å²) in [4.78, 5) is 12.2. The third-order valence-electron chi connectivity index (χ3n) is 2.89. The Labute approximate surface area is 136 Å². The number of benzene rings is 2. The number of phenolic OH excluding ortho intramolecular Hbond substituents is 1. The first kappa shape index (κ1) is 14.6. The lowest BCUT2D eigenvalue weighted by Gasteiger charge is -2.07. The van der Waals surface area contributed by atoms with Gasteiger partial charge < -0.3 is 15.2 Å². The second-order valence-corrected chi connectivity index (χ2v) is 6.21. The van der Waals surface area contributed by atoms with Gasteiger partial charge in [0, 0.05) is 0 Å². The number of hydrogen-bond donors (Lipinski definition) is 2. The first-order valence-corrected chi connectivity index (χ1v) is 7.65. The van der Waals surface area contributed by atoms with Gasteiger partial charge in [-0.25, -0.2) is 0 Å². The van der Waals surface area contributed by atoms with Gasteiger partial charge in [-0.15, -0.1) is 0 Å². The third-order valence-corrected chi connectivity index (χ3v) is 4.05. The molecule has 1 heterocycles. The number of para-hydroxylation sites is 2. The number of thioether (sulfide) groups is 1. The molecular weight excluding hydrogens is 318 g/mol. The van der Waals surface area contributed by atoms with Crippen LogP contribution in [0.1, 0.15) is 5.56 Å². The van der Waals surface area contributed by atoms with Gasteiger partial charge in [0.2, 0.25) is 0 Å². The number of aromatic hydroxyl groups is 1. The Kier molecular flexibility index (Phi) is 4.13. The van der Waals surface area contributed by atoms with Gasteiger partial charge in [0.05, 0.1) is 4.91 Å². The minimum absolute atomic E-state index is 0.0716. The van der Waals surface area contributed by atoms with Crippen molar-refractivity contribution < 1.29 is 14.6 Å². The van der Waals surface area contributed by atoms with Crippen LogP contribution in [-0.2, 0) is 4.79 Å². The van der Waals surface area contributed by atoms with E-state index in [1.807, 2.05) is 12.1 Å². The number of ether oxygens (including phenoxy) is 1. The van der Waals surface area contributed by atoms with Crippen molar-refractivity contribution in [3.05, 3.63) is 59.0 Å². The van der Waals surface area contributed by atoms with Crippen molar-refractivity contribution in [1.29, 1.82) is 0 Å². The summed E-state index contributed by atoms with van der Waals surface area (Å²) in [5.74, 6) is 0.827. The minimum atomic E-state index is -0.193. The normalized spacial score (nSPS) is 15.9. The summed E-state index contributed by atoms with van der Waals surface area (Å²) in [6, 6.07) is 14.0. The maximum absolute atomic E-state index is 11.7. The smallest absolute Gasteiger partial charge is 0.263 e. The van der Waals surface area contributed by atoms with Crippen molar-refractivity contribution in [2.24, 2.45) is 0 Å². The van der Waals surface area contributed by atoms with Crippen LogP contribution in [0.25, 0.3) is 6.08 Å². The number of carbonyl (C=O) groups excluding carboxylic acids is 1. The summed E-state index contributed by atoms with van der Waals surface area (Å²) in [5, 5.41) is 12.3. The van der Waals surface area contributed by atoms with Crippen molar-refractivity contribution in [3.63, 3.8) is 0 Å². The first-order chi connectivity index (χ1) is 10.6. The topological polar surface area (TPSA) is 58.6 Å². The molecule has 3 rings (SSSR count). The van der Waals surface area contributed by atoms with Gasteiger partial charge in [0.25, 0.3) is 5.91 Å². The van der Waals surface area contributed by atoms with Crippen LogP contribution in [0.5, 0.6) is 17.2 Å². The lowest BCUT2D eigenvalue weighted by Crippen LogP contribution is -2.17. The van der Waals surface area contributed by atoms with Crippen LogP contribution in [-0.4, -0.2) is 15.3 Å². The molecule has 1 amide bonds. The molecule has 22 heavy (non-hydrogen) atoms. The minimum Gasteiger partial charge on any atom is -0.504 e. The van der Waals surface area contributed by atoms with E-state index in [-0.39, 0.29) is 11.7 Å². The molecule has 1 aliphatic rings. The van der Waals surface area contributed by atoms with E-state index in [0.29, 0.717) is 20.7 Å². The fourth-order valence-electron chi connectivity index (χ4n) is 1.91. The van der Waals surface area contributed by atoms with Gasteiger partial charge in [0.15, 0.2) is 11.5 Å². The van der Waals surface area contributed by atoms with E-state index >= 15 is 0 Å². The number of phenols is 1. The fourth-order valence-corrected chi connectivity index (χ4v) is 2.95. The number of amides is 1. The molecule has 1 fully saturated rings. The summed E-state index contributed by atoms with van der Waals surface area (Å²) >= 11 is 6.19. The molecule has 0 aromatic heterocycles. The lowest BCUT2D eigenvalue weighted by molar-refractivity contribution is -0.115. The standard InChI is InChI=1S/C16H11NO3S2/c18-12-6-1-2-7-13(12)20-11-5-3-4-10(8-11)9-14-15(19)17-16(21)22-14/h1-9,18H,(H,17,19,21). The molecule has 1 aliphatic heterocycles. The van der Waals surface area contributed by atoms with Gasteiger partial charge in [-0.05, 0) is 35.9 Å². The predicted molar refractivity (Wildman–Crippen MR) is 90.9 cm³/mol. The highest BCUT2D eigenvalue weighted by Gasteiger charge is 2.21. The van der Waals surface area contributed by atoms with Gasteiger partial charge in [0.1, 0.15) is 10.1 Å². The molecule has 0 unspecified atom stereocenters. The maximum Gasteiger partial charge on any atom is 0.263 e. The van der Waals surface area contributed by atoms with E-state index in [0.717, 1.165) is 5.56 Å². The quantitative estimate of drug-likeness (QED) is 0.664. The molecule has 2 N–H and O–H groups in total. The van der Waals surface area contributed by atoms with Gasteiger partial charge in [-0.1, -0.05) is 48.2 Å². The van der Waals surface area contributed by atoms with E-state index in [1.165, 1.54) is 11.8 Å². The molecule has 0 bridgehead atoms. The predicted octanol–water partition coefficient (Wildman–Crippen LogP) is 3.67. The van der Waals surface area contributed by atoms with Crippen LogP contribution >= 0.6 is 24.0 Å². The molecule has 110 valence electrons. The zero-order valence-corrected chi connectivity index (χ0v) is 12.9. The highest BCUT2D eigenvalue weighted by Crippen LogP contribution is 2.31.